The van der Waals surface area contributed by atoms with Crippen molar-refractivity contribution in [2.24, 2.45) is 14.1 Å². The number of anilines is 2. The highest BCUT2D eigenvalue weighted by atomic mass is 16.5. The third-order valence-electron chi connectivity index (χ3n) is 9.30. The van der Waals surface area contributed by atoms with E-state index in [0.29, 0.717) is 62.9 Å². The molecule has 0 spiro atoms. The maximum absolute atomic E-state index is 5.74. The summed E-state index contributed by atoms with van der Waals surface area (Å²) in [5.74, 6) is 2.53. The SMILES string of the molecule is CCOc1ncccc1-c1cc(NCc2ncn(C)n2)c2c(n1)c(C)nn2C1COC1.CCOc1ncccc1-c1cc(NCc2ncn(C)n2)c2n[nH]c(C)c2n1. The quantitative estimate of drug-likeness (QED) is 0.141. The van der Waals surface area contributed by atoms with Gasteiger partial charge in [-0.25, -0.2) is 29.9 Å². The topological polar surface area (TPSA) is 211 Å². The van der Waals surface area contributed by atoms with Gasteiger partial charge in [-0.2, -0.15) is 20.4 Å². The molecule has 19 heteroatoms. The van der Waals surface area contributed by atoms with Crippen molar-refractivity contribution >= 4 is 33.4 Å². The molecule has 0 aromatic carbocycles. The Balaban J connectivity index is 0.000000164. The van der Waals surface area contributed by atoms with Crippen molar-refractivity contribution in [3.05, 3.63) is 84.5 Å². The summed E-state index contributed by atoms with van der Waals surface area (Å²) in [7, 11) is 3.69. The van der Waals surface area contributed by atoms with Gasteiger partial charge in [0.25, 0.3) is 0 Å². The molecule has 8 aromatic heterocycles. The molecule has 1 aliphatic rings. The Morgan fingerprint density at radius 1 is 0.741 bits per heavy atom. The highest BCUT2D eigenvalue weighted by Crippen LogP contribution is 2.36. The Morgan fingerprint density at radius 3 is 1.84 bits per heavy atom. The summed E-state index contributed by atoms with van der Waals surface area (Å²) in [6.07, 6.45) is 6.79. The number of fused-ring (bicyclic) bond motifs is 2. The first-order valence-corrected chi connectivity index (χ1v) is 19.0. The Morgan fingerprint density at radius 2 is 1.31 bits per heavy atom. The molecule has 8 aromatic rings. The second kappa shape index (κ2) is 16.6. The number of H-pyrrole nitrogens is 1. The van der Waals surface area contributed by atoms with E-state index in [1.165, 1.54) is 0 Å². The summed E-state index contributed by atoms with van der Waals surface area (Å²) in [6, 6.07) is 11.8. The van der Waals surface area contributed by atoms with Crippen LogP contribution in [0.3, 0.4) is 0 Å². The molecule has 0 atom stereocenters. The lowest BCUT2D eigenvalue weighted by molar-refractivity contribution is -0.0267. The predicted molar refractivity (Wildman–Crippen MR) is 216 cm³/mol. The maximum atomic E-state index is 5.74. The van der Waals surface area contributed by atoms with Crippen molar-refractivity contribution in [2.45, 2.75) is 46.8 Å². The van der Waals surface area contributed by atoms with Gasteiger partial charge in [0.05, 0.1) is 90.8 Å². The first-order chi connectivity index (χ1) is 28.3. The summed E-state index contributed by atoms with van der Waals surface area (Å²) >= 11 is 0. The van der Waals surface area contributed by atoms with Crippen LogP contribution in [0.5, 0.6) is 11.8 Å². The number of aromatic nitrogens is 14. The van der Waals surface area contributed by atoms with E-state index in [1.54, 1.807) is 34.4 Å². The van der Waals surface area contributed by atoms with Crippen LogP contribution in [0.1, 0.15) is 42.9 Å². The van der Waals surface area contributed by atoms with Crippen molar-refractivity contribution in [1.82, 2.24) is 69.4 Å². The van der Waals surface area contributed by atoms with Crippen LogP contribution in [0.15, 0.2) is 61.4 Å². The average molecular weight is 785 g/mol. The number of hydrogen-bond donors (Lipinski definition) is 3. The van der Waals surface area contributed by atoms with E-state index in [1.807, 2.05) is 82.9 Å². The van der Waals surface area contributed by atoms with Crippen LogP contribution in [-0.2, 0) is 31.9 Å². The largest absolute Gasteiger partial charge is 0.477 e. The van der Waals surface area contributed by atoms with E-state index in [4.69, 9.17) is 29.3 Å². The summed E-state index contributed by atoms with van der Waals surface area (Å²) in [5.41, 5.74) is 10.1. The van der Waals surface area contributed by atoms with Crippen LogP contribution in [0.4, 0.5) is 11.4 Å². The van der Waals surface area contributed by atoms with Crippen molar-refractivity contribution in [2.75, 3.05) is 37.1 Å². The normalized spacial score (nSPS) is 12.7. The van der Waals surface area contributed by atoms with Crippen LogP contribution >= 0.6 is 0 Å². The van der Waals surface area contributed by atoms with Crippen LogP contribution in [-0.4, -0.2) is 95.9 Å². The molecule has 1 saturated heterocycles. The van der Waals surface area contributed by atoms with Crippen molar-refractivity contribution in [1.29, 1.82) is 0 Å². The van der Waals surface area contributed by atoms with Crippen LogP contribution < -0.4 is 20.1 Å². The second-order valence-electron chi connectivity index (χ2n) is 13.5. The number of nitrogens with one attached hydrogen (secondary N) is 3. The lowest BCUT2D eigenvalue weighted by atomic mass is 10.1. The van der Waals surface area contributed by atoms with E-state index in [0.717, 1.165) is 67.3 Å². The number of aryl methyl sites for hydroxylation is 4. The number of hydrogen-bond acceptors (Lipinski definition) is 15. The summed E-state index contributed by atoms with van der Waals surface area (Å²) in [4.78, 5) is 27.0. The summed E-state index contributed by atoms with van der Waals surface area (Å²) in [5, 5.41) is 27.7. The van der Waals surface area contributed by atoms with Crippen molar-refractivity contribution in [3.63, 3.8) is 0 Å². The molecule has 1 fully saturated rings. The Labute approximate surface area is 333 Å². The van der Waals surface area contributed by atoms with Gasteiger partial charge in [0.1, 0.15) is 34.7 Å². The third-order valence-corrected chi connectivity index (χ3v) is 9.30. The molecule has 0 radical (unpaired) electrons. The molecule has 0 bridgehead atoms. The Bertz CT molecular complexity index is 2680. The predicted octanol–water partition coefficient (Wildman–Crippen LogP) is 4.98. The fourth-order valence-corrected chi connectivity index (χ4v) is 6.51. The molecule has 58 heavy (non-hydrogen) atoms. The summed E-state index contributed by atoms with van der Waals surface area (Å²) in [6.45, 7) is 11.1. The summed E-state index contributed by atoms with van der Waals surface area (Å²) < 4.78 is 22.2. The molecule has 0 aliphatic carbocycles. The van der Waals surface area contributed by atoms with E-state index >= 15 is 0 Å². The van der Waals surface area contributed by atoms with E-state index < -0.39 is 0 Å². The minimum absolute atomic E-state index is 0.203. The van der Waals surface area contributed by atoms with E-state index in [9.17, 15) is 0 Å². The molecule has 9 rings (SSSR count). The zero-order valence-electron chi connectivity index (χ0n) is 33.1. The molecule has 19 nitrogen and oxygen atoms in total. The maximum Gasteiger partial charge on any atom is 0.222 e. The molecule has 0 amide bonds. The number of pyridine rings is 4. The second-order valence-corrected chi connectivity index (χ2v) is 13.5. The molecule has 3 N–H and O–H groups in total. The van der Waals surface area contributed by atoms with Gasteiger partial charge in [-0.05, 0) is 64.1 Å². The Hall–Kier alpha value is -7.02. The molecule has 298 valence electrons. The highest BCUT2D eigenvalue weighted by molar-refractivity contribution is 5.94. The van der Waals surface area contributed by atoms with Gasteiger partial charge in [0, 0.05) is 26.5 Å². The smallest absolute Gasteiger partial charge is 0.222 e. The van der Waals surface area contributed by atoms with Crippen LogP contribution in [0, 0.1) is 13.8 Å². The number of rotatable bonds is 13. The molecule has 1 aliphatic heterocycles. The lowest BCUT2D eigenvalue weighted by Crippen LogP contribution is -2.31. The highest BCUT2D eigenvalue weighted by Gasteiger charge is 2.27. The standard InChI is InChI=1S/C21H24N8O2.C18H20N8O/c1-4-31-21-15(6-5-7-22-21)16-8-17(23-9-18-24-12-28(3)27-18)20-19(25-16)13(2)26-29(20)14-10-30-11-14;1-4-27-18-12(6-5-7-19-18)13-8-14(17-16(22-13)11(2)23-24-17)20-9-15-21-10-26(3)25-15/h5-8,12,14H,4,9-11H2,1-3H3,(H,23,25);5-8,10H,4,9H2,1-3H3,(H,20,22)(H,23,24). The molecular formula is C39H44N16O3. The van der Waals surface area contributed by atoms with Crippen LogP contribution in [0.25, 0.3) is 44.6 Å². The fourth-order valence-electron chi connectivity index (χ4n) is 6.51. The number of aromatic amines is 1. The van der Waals surface area contributed by atoms with Gasteiger partial charge in [-0.3, -0.25) is 19.1 Å². The Kier molecular flexibility index (Phi) is 10.8. The van der Waals surface area contributed by atoms with Gasteiger partial charge in [-0.15, -0.1) is 0 Å². The van der Waals surface area contributed by atoms with Crippen molar-refractivity contribution < 1.29 is 14.2 Å². The minimum Gasteiger partial charge on any atom is -0.477 e. The van der Waals surface area contributed by atoms with Crippen LogP contribution in [0.2, 0.25) is 0 Å². The molecule has 0 unspecified atom stereocenters. The third kappa shape index (κ3) is 7.83. The van der Waals surface area contributed by atoms with Gasteiger partial charge in [-0.1, -0.05) is 0 Å². The first-order valence-electron chi connectivity index (χ1n) is 19.0. The van der Waals surface area contributed by atoms with E-state index in [2.05, 4.69) is 51.0 Å². The van der Waals surface area contributed by atoms with Gasteiger partial charge in [0.15, 0.2) is 11.6 Å². The van der Waals surface area contributed by atoms with Crippen molar-refractivity contribution in [3.8, 4) is 34.3 Å². The monoisotopic (exact) mass is 784 g/mol. The first kappa shape index (κ1) is 37.9. The van der Waals surface area contributed by atoms with Gasteiger partial charge in [0.2, 0.25) is 11.8 Å². The molecule has 0 saturated carbocycles. The van der Waals surface area contributed by atoms with E-state index in [-0.39, 0.29) is 6.04 Å². The van der Waals surface area contributed by atoms with Gasteiger partial charge >= 0.3 is 0 Å². The number of nitrogens with zero attached hydrogens (tertiary/aromatic N) is 13. The molecule has 9 heterocycles. The zero-order chi connectivity index (χ0) is 40.2. The average Bonchev–Trinajstić information content (AvgIpc) is 4.00. The minimum atomic E-state index is 0.203. The van der Waals surface area contributed by atoms with Gasteiger partial charge < -0.3 is 24.8 Å². The number of ether oxygens (including phenoxy) is 3. The fraction of sp³-hybridized carbons (Fsp3) is 0.333. The zero-order valence-corrected chi connectivity index (χ0v) is 33.1. The molecular weight excluding hydrogens is 741 g/mol. The lowest BCUT2D eigenvalue weighted by Gasteiger charge is -2.27.